The summed E-state index contributed by atoms with van der Waals surface area (Å²) in [6, 6.07) is 10.1. The second-order valence-electron chi connectivity index (χ2n) is 9.28. The molecular weight excluding hydrogens is 450 g/mol. The summed E-state index contributed by atoms with van der Waals surface area (Å²) in [6.45, 7) is 9.58. The van der Waals surface area contributed by atoms with Gasteiger partial charge in [0, 0.05) is 29.7 Å². The Morgan fingerprint density at radius 1 is 1.36 bits per heavy atom. The lowest BCUT2D eigenvalue weighted by Gasteiger charge is -2.21. The van der Waals surface area contributed by atoms with E-state index in [4.69, 9.17) is 4.74 Å². The number of nitrogens with zero attached hydrogens (tertiary/aromatic N) is 3. The van der Waals surface area contributed by atoms with Gasteiger partial charge in [-0.2, -0.15) is 5.26 Å². The fourth-order valence-corrected chi connectivity index (χ4v) is 4.27. The molecule has 2 atom stereocenters. The van der Waals surface area contributed by atoms with Crippen molar-refractivity contribution in [2.75, 3.05) is 6.61 Å². The smallest absolute Gasteiger partial charge is 0.251 e. The van der Waals surface area contributed by atoms with E-state index in [0.717, 1.165) is 39.4 Å². The number of hydrazine groups is 1. The first-order chi connectivity index (χ1) is 17.4. The summed E-state index contributed by atoms with van der Waals surface area (Å²) in [6.07, 6.45) is 11.2. The van der Waals surface area contributed by atoms with Crippen molar-refractivity contribution in [2.45, 2.75) is 59.2 Å². The zero-order chi connectivity index (χ0) is 25.7. The lowest BCUT2D eigenvalue weighted by atomic mass is 9.92. The fourth-order valence-electron chi connectivity index (χ4n) is 4.27. The summed E-state index contributed by atoms with van der Waals surface area (Å²) in [5.74, 6) is -0.532. The van der Waals surface area contributed by atoms with E-state index in [1.165, 1.54) is 5.57 Å². The predicted octanol–water partition coefficient (Wildman–Crippen LogP) is 3.14. The Labute approximate surface area is 212 Å². The van der Waals surface area contributed by atoms with Gasteiger partial charge in [0.15, 0.2) is 0 Å². The summed E-state index contributed by atoms with van der Waals surface area (Å²) in [5.41, 5.74) is 8.97. The number of rotatable bonds is 6. The maximum absolute atomic E-state index is 12.8. The highest BCUT2D eigenvalue weighted by atomic mass is 16.5. The zero-order valence-electron chi connectivity index (χ0n) is 21.3. The van der Waals surface area contributed by atoms with Crippen LogP contribution >= 0.6 is 0 Å². The van der Waals surface area contributed by atoms with Crippen LogP contribution in [0.5, 0.6) is 0 Å². The molecule has 1 amide bonds. The Morgan fingerprint density at radius 2 is 2.19 bits per heavy atom. The van der Waals surface area contributed by atoms with Gasteiger partial charge in [-0.15, -0.1) is 0 Å². The minimum atomic E-state index is -0.346. The molecule has 7 heteroatoms. The molecule has 3 heterocycles. The quantitative estimate of drug-likeness (QED) is 0.656. The van der Waals surface area contributed by atoms with Crippen LogP contribution in [0.3, 0.4) is 0 Å². The number of hydrogen-bond acceptors (Lipinski definition) is 6. The van der Waals surface area contributed by atoms with Gasteiger partial charge < -0.3 is 10.1 Å². The summed E-state index contributed by atoms with van der Waals surface area (Å²) in [4.78, 5) is 17.4. The third-order valence-corrected chi connectivity index (χ3v) is 6.59. The standard InChI is InChI=1S/C29H33N5O2/c1-5-6-22-11-27(31-14-24(22)8-7-20(3)34-16-19(2)21(4)33-34)15-32-29(35)23-9-10-25-17-36-18-26(13-30)28(25)12-23/h6-12,14,16,21,26,33H,5,15,17-18H2,1-4H3,(H,32,35)/b20-7+,22-6+,24-8-/t21?,26-/m1/s1. The Hall–Kier alpha value is -3.73. The van der Waals surface area contributed by atoms with Gasteiger partial charge >= 0.3 is 0 Å². The van der Waals surface area contributed by atoms with Gasteiger partial charge in [0.1, 0.15) is 0 Å². The number of allylic oxidation sites excluding steroid dienone is 2. The molecular formula is C29H33N5O2. The van der Waals surface area contributed by atoms with E-state index in [0.29, 0.717) is 31.4 Å². The van der Waals surface area contributed by atoms with Crippen molar-refractivity contribution in [3.05, 3.63) is 86.8 Å². The minimum absolute atomic E-state index is 0.186. The molecule has 2 N–H and O–H groups in total. The molecule has 0 spiro atoms. The Kier molecular flexibility index (Phi) is 7.99. The van der Waals surface area contributed by atoms with E-state index < -0.39 is 0 Å². The molecule has 186 valence electrons. The molecule has 7 nitrogen and oxygen atoms in total. The van der Waals surface area contributed by atoms with Crippen molar-refractivity contribution >= 4 is 18.1 Å². The molecule has 4 rings (SSSR count). The number of fused-ring (bicyclic) bond motifs is 1. The Bertz CT molecular complexity index is 1370. The number of pyridine rings is 1. The first-order valence-electron chi connectivity index (χ1n) is 12.4. The number of hydrogen-bond donors (Lipinski definition) is 2. The number of amides is 1. The van der Waals surface area contributed by atoms with Crippen LogP contribution in [0.25, 0.3) is 12.2 Å². The van der Waals surface area contributed by atoms with E-state index in [1.54, 1.807) is 6.07 Å². The van der Waals surface area contributed by atoms with Crippen molar-refractivity contribution in [2.24, 2.45) is 0 Å². The minimum Gasteiger partial charge on any atom is -0.375 e. The molecule has 2 aliphatic rings. The molecule has 1 aromatic heterocycles. The predicted molar refractivity (Wildman–Crippen MR) is 140 cm³/mol. The topological polar surface area (TPSA) is 90.3 Å². The average molecular weight is 484 g/mol. The van der Waals surface area contributed by atoms with Gasteiger partial charge in [0.2, 0.25) is 0 Å². The maximum atomic E-state index is 12.8. The molecule has 1 aromatic carbocycles. The number of nitriles is 1. The second kappa shape index (κ2) is 11.3. The van der Waals surface area contributed by atoms with Gasteiger partial charge in [-0.25, -0.2) is 5.43 Å². The van der Waals surface area contributed by atoms with Crippen molar-refractivity contribution in [3.8, 4) is 6.07 Å². The third-order valence-electron chi connectivity index (χ3n) is 6.59. The number of ether oxygens (including phenoxy) is 1. The molecule has 0 saturated carbocycles. The molecule has 2 aliphatic heterocycles. The van der Waals surface area contributed by atoms with E-state index in [-0.39, 0.29) is 11.8 Å². The number of benzene rings is 1. The molecule has 0 saturated heterocycles. The van der Waals surface area contributed by atoms with Crippen molar-refractivity contribution < 1.29 is 9.53 Å². The Balaban J connectivity index is 1.49. The average Bonchev–Trinajstić information content (AvgIpc) is 3.23. The van der Waals surface area contributed by atoms with Crippen LogP contribution in [0.2, 0.25) is 0 Å². The van der Waals surface area contributed by atoms with Crippen molar-refractivity contribution in [1.29, 1.82) is 5.26 Å². The molecule has 2 aromatic rings. The van der Waals surface area contributed by atoms with E-state index >= 15 is 0 Å². The zero-order valence-corrected chi connectivity index (χ0v) is 21.3. The summed E-state index contributed by atoms with van der Waals surface area (Å²) in [5, 5.41) is 16.5. The maximum Gasteiger partial charge on any atom is 0.251 e. The van der Waals surface area contributed by atoms with E-state index in [2.05, 4.69) is 73.9 Å². The second-order valence-corrected chi connectivity index (χ2v) is 9.28. The first-order valence-corrected chi connectivity index (χ1v) is 12.4. The van der Waals surface area contributed by atoms with Gasteiger partial charge in [-0.1, -0.05) is 25.1 Å². The molecule has 1 unspecified atom stereocenters. The first kappa shape index (κ1) is 25.4. The number of nitrogens with one attached hydrogen (secondary N) is 2. The summed E-state index contributed by atoms with van der Waals surface area (Å²) in [7, 11) is 0. The molecule has 36 heavy (non-hydrogen) atoms. The van der Waals surface area contributed by atoms with Crippen LogP contribution in [-0.4, -0.2) is 28.5 Å². The van der Waals surface area contributed by atoms with Crippen molar-refractivity contribution in [3.63, 3.8) is 0 Å². The molecule has 0 bridgehead atoms. The van der Waals surface area contributed by atoms with E-state index in [9.17, 15) is 10.1 Å². The van der Waals surface area contributed by atoms with Crippen LogP contribution < -0.4 is 21.2 Å². The van der Waals surface area contributed by atoms with Crippen molar-refractivity contribution in [1.82, 2.24) is 20.7 Å². The van der Waals surface area contributed by atoms with Crippen LogP contribution in [0.1, 0.15) is 67.2 Å². The molecule has 0 aliphatic carbocycles. The third kappa shape index (κ3) is 5.73. The largest absolute Gasteiger partial charge is 0.375 e. The lowest BCUT2D eigenvalue weighted by molar-refractivity contribution is 0.0945. The van der Waals surface area contributed by atoms with Crippen LogP contribution in [0.4, 0.5) is 0 Å². The van der Waals surface area contributed by atoms with Crippen LogP contribution in [0.15, 0.2) is 54.0 Å². The highest BCUT2D eigenvalue weighted by Gasteiger charge is 2.22. The number of aromatic nitrogens is 1. The van der Waals surface area contributed by atoms with Gasteiger partial charge in [-0.3, -0.25) is 14.8 Å². The monoisotopic (exact) mass is 483 g/mol. The molecule has 0 fully saturated rings. The van der Waals surface area contributed by atoms with Gasteiger partial charge in [-0.05, 0) is 78.6 Å². The number of carbonyl (C=O) groups is 1. The highest BCUT2D eigenvalue weighted by molar-refractivity contribution is 5.94. The van der Waals surface area contributed by atoms with Crippen LogP contribution in [-0.2, 0) is 17.9 Å². The summed E-state index contributed by atoms with van der Waals surface area (Å²) >= 11 is 0. The SMILES string of the molecule is CC\C=c1/cc(CNC(=O)c2ccc3c(c2)[C@H](C#N)COC3)nc/c1=C/C=C(\C)N1C=C(C)C(C)N1. The van der Waals surface area contributed by atoms with Gasteiger partial charge in [0.25, 0.3) is 5.91 Å². The fraction of sp³-hybridized carbons (Fsp3) is 0.345. The van der Waals surface area contributed by atoms with Crippen LogP contribution in [0, 0.1) is 11.3 Å². The lowest BCUT2D eigenvalue weighted by Crippen LogP contribution is -2.33. The molecule has 0 radical (unpaired) electrons. The number of carbonyl (C=O) groups excluding carboxylic acids is 1. The normalized spacial score (nSPS) is 20.7. The van der Waals surface area contributed by atoms with Gasteiger partial charge in [0.05, 0.1) is 37.4 Å². The Morgan fingerprint density at radius 3 is 2.92 bits per heavy atom. The highest BCUT2D eigenvalue weighted by Crippen LogP contribution is 2.27. The van der Waals surface area contributed by atoms with E-state index in [1.807, 2.05) is 29.4 Å². The summed E-state index contributed by atoms with van der Waals surface area (Å²) < 4.78 is 5.46.